The molecule has 2 aromatic rings. The average Bonchev–Trinajstić information content (AvgIpc) is 3.36. The van der Waals surface area contributed by atoms with Crippen molar-refractivity contribution in [1.82, 2.24) is 25.2 Å². The number of nitrogens with one attached hydrogen (secondary N) is 1. The Balaban J connectivity index is 1.42. The fourth-order valence-corrected chi connectivity index (χ4v) is 5.33. The molecule has 170 valence electrons. The molecule has 0 saturated carbocycles. The van der Waals surface area contributed by atoms with Crippen molar-refractivity contribution in [1.29, 1.82) is 0 Å². The second-order valence-electron chi connectivity index (χ2n) is 7.60. The van der Waals surface area contributed by atoms with Crippen molar-refractivity contribution in [2.75, 3.05) is 44.2 Å². The summed E-state index contributed by atoms with van der Waals surface area (Å²) in [6.45, 7) is 6.30. The molecule has 1 aliphatic carbocycles. The molecule has 11 heteroatoms. The van der Waals surface area contributed by atoms with Crippen LogP contribution in [0.2, 0.25) is 0 Å². The van der Waals surface area contributed by atoms with Gasteiger partial charge in [0.2, 0.25) is 0 Å². The fraction of sp³-hybridized carbons (Fsp3) is 0.429. The number of aryl methyl sites for hydroxylation is 1. The summed E-state index contributed by atoms with van der Waals surface area (Å²) in [6, 6.07) is 2.00. The third-order valence-electron chi connectivity index (χ3n) is 5.31. The minimum Gasteiger partial charge on any atom is -0.395 e. The molecule has 32 heavy (non-hydrogen) atoms. The topological polar surface area (TPSA) is 94.5 Å². The molecule has 0 aromatic carbocycles. The van der Waals surface area contributed by atoms with Crippen LogP contribution in [0.15, 0.2) is 33.6 Å². The van der Waals surface area contributed by atoms with Crippen LogP contribution in [0.25, 0.3) is 0 Å². The van der Waals surface area contributed by atoms with Crippen molar-refractivity contribution in [2.24, 2.45) is 0 Å². The minimum absolute atomic E-state index is 0.184. The lowest BCUT2D eigenvalue weighted by Crippen LogP contribution is -2.47. The second kappa shape index (κ2) is 10.4. The summed E-state index contributed by atoms with van der Waals surface area (Å²) in [4.78, 5) is 31.2. The Labute approximate surface area is 204 Å². The number of hydrogen-bond acceptors (Lipinski definition) is 8. The molecule has 2 aromatic heterocycles. The van der Waals surface area contributed by atoms with Crippen LogP contribution in [0.3, 0.4) is 0 Å². The Hall–Kier alpha value is -1.85. The quantitative estimate of drug-likeness (QED) is 0.559. The molecular formula is C21H24BrClN6O2S. The SMILES string of the molecule is Cc1nc(Cc2ncc(C(=O)NC3=C(Br)CC=C3Cl)s2)cc(N2CCN(CCO)CC2)n1. The maximum atomic E-state index is 12.6. The molecule has 1 fully saturated rings. The fourth-order valence-electron chi connectivity index (χ4n) is 3.67. The average molecular weight is 540 g/mol. The molecule has 8 nitrogen and oxygen atoms in total. The molecular weight excluding hydrogens is 516 g/mol. The number of rotatable bonds is 7. The molecule has 0 spiro atoms. The van der Waals surface area contributed by atoms with E-state index in [2.05, 4.69) is 46.0 Å². The van der Waals surface area contributed by atoms with Crippen molar-refractivity contribution in [3.63, 3.8) is 0 Å². The Bertz CT molecular complexity index is 1060. The van der Waals surface area contributed by atoms with Gasteiger partial charge < -0.3 is 15.3 Å². The number of anilines is 1. The number of β-amino-alcohol motifs (C(OH)–C–C–N with tert-alkyl or cyclic N) is 1. The Morgan fingerprint density at radius 3 is 2.78 bits per heavy atom. The minimum atomic E-state index is -0.227. The van der Waals surface area contributed by atoms with Gasteiger partial charge in [-0.05, 0) is 6.92 Å². The molecule has 1 aliphatic heterocycles. The highest BCUT2D eigenvalue weighted by Crippen LogP contribution is 2.31. The Morgan fingerprint density at radius 1 is 1.31 bits per heavy atom. The summed E-state index contributed by atoms with van der Waals surface area (Å²) >= 11 is 10.9. The first-order valence-electron chi connectivity index (χ1n) is 10.4. The van der Waals surface area contributed by atoms with E-state index in [0.29, 0.717) is 40.8 Å². The number of carbonyl (C=O) groups is 1. The number of thiazole rings is 1. The number of aliphatic hydroxyl groups excluding tert-OH is 1. The van der Waals surface area contributed by atoms with Gasteiger partial charge in [0, 0.05) is 56.1 Å². The maximum absolute atomic E-state index is 12.6. The van der Waals surface area contributed by atoms with Gasteiger partial charge >= 0.3 is 0 Å². The van der Waals surface area contributed by atoms with Gasteiger partial charge in [0.25, 0.3) is 5.91 Å². The molecule has 0 atom stereocenters. The van der Waals surface area contributed by atoms with E-state index in [9.17, 15) is 4.79 Å². The van der Waals surface area contributed by atoms with Crippen LogP contribution in [0.5, 0.6) is 0 Å². The van der Waals surface area contributed by atoms with E-state index in [-0.39, 0.29) is 12.5 Å². The number of nitrogens with zero attached hydrogens (tertiary/aromatic N) is 5. The molecule has 1 saturated heterocycles. The van der Waals surface area contributed by atoms with E-state index >= 15 is 0 Å². The summed E-state index contributed by atoms with van der Waals surface area (Å²) in [5.74, 6) is 1.39. The lowest BCUT2D eigenvalue weighted by Gasteiger charge is -2.35. The van der Waals surface area contributed by atoms with Crippen LogP contribution in [-0.4, -0.2) is 70.2 Å². The predicted molar refractivity (Wildman–Crippen MR) is 129 cm³/mol. The molecule has 2 aliphatic rings. The van der Waals surface area contributed by atoms with Crippen LogP contribution in [0, 0.1) is 6.92 Å². The number of carbonyl (C=O) groups excluding carboxylic acids is 1. The van der Waals surface area contributed by atoms with Crippen molar-refractivity contribution < 1.29 is 9.90 Å². The van der Waals surface area contributed by atoms with Crippen LogP contribution in [-0.2, 0) is 6.42 Å². The van der Waals surface area contributed by atoms with Crippen LogP contribution < -0.4 is 10.2 Å². The predicted octanol–water partition coefficient (Wildman–Crippen LogP) is 2.81. The summed E-state index contributed by atoms with van der Waals surface area (Å²) < 4.78 is 0.863. The third-order valence-corrected chi connectivity index (χ3v) is 7.37. The van der Waals surface area contributed by atoms with Gasteiger partial charge in [0.15, 0.2) is 0 Å². The number of amides is 1. The van der Waals surface area contributed by atoms with Gasteiger partial charge in [-0.2, -0.15) is 0 Å². The molecule has 0 unspecified atom stereocenters. The smallest absolute Gasteiger partial charge is 0.267 e. The molecule has 2 N–H and O–H groups in total. The van der Waals surface area contributed by atoms with Gasteiger partial charge in [-0.1, -0.05) is 33.6 Å². The largest absolute Gasteiger partial charge is 0.395 e. The number of aromatic nitrogens is 3. The maximum Gasteiger partial charge on any atom is 0.267 e. The van der Waals surface area contributed by atoms with Crippen LogP contribution in [0.4, 0.5) is 5.82 Å². The first-order chi connectivity index (χ1) is 15.4. The highest BCUT2D eigenvalue weighted by Gasteiger charge is 2.21. The number of hydrogen-bond donors (Lipinski definition) is 2. The summed E-state index contributed by atoms with van der Waals surface area (Å²) in [6.07, 6.45) is 4.65. The lowest BCUT2D eigenvalue weighted by molar-refractivity contribution is 0.0970. The van der Waals surface area contributed by atoms with Gasteiger partial charge in [-0.15, -0.1) is 11.3 Å². The summed E-state index contributed by atoms with van der Waals surface area (Å²) in [5.41, 5.74) is 1.49. The van der Waals surface area contributed by atoms with E-state index in [1.165, 1.54) is 11.3 Å². The summed E-state index contributed by atoms with van der Waals surface area (Å²) in [5, 5.41) is 13.3. The number of halogens is 2. The number of piperazine rings is 1. The first-order valence-corrected chi connectivity index (χ1v) is 12.3. The van der Waals surface area contributed by atoms with Crippen molar-refractivity contribution in [3.8, 4) is 0 Å². The zero-order chi connectivity index (χ0) is 22.7. The Kier molecular flexibility index (Phi) is 7.57. The number of aliphatic hydroxyl groups is 1. The number of allylic oxidation sites excluding steroid dienone is 3. The van der Waals surface area contributed by atoms with E-state index in [1.807, 2.05) is 19.1 Å². The van der Waals surface area contributed by atoms with Gasteiger partial charge in [-0.25, -0.2) is 15.0 Å². The monoisotopic (exact) mass is 538 g/mol. The van der Waals surface area contributed by atoms with Crippen molar-refractivity contribution in [2.45, 2.75) is 19.8 Å². The van der Waals surface area contributed by atoms with Gasteiger partial charge in [0.05, 0.1) is 34.2 Å². The zero-order valence-corrected chi connectivity index (χ0v) is 20.8. The van der Waals surface area contributed by atoms with E-state index < -0.39 is 0 Å². The lowest BCUT2D eigenvalue weighted by atomic mass is 10.2. The highest BCUT2D eigenvalue weighted by molar-refractivity contribution is 9.11. The van der Waals surface area contributed by atoms with Crippen LogP contribution >= 0.6 is 38.9 Å². The molecule has 3 heterocycles. The third kappa shape index (κ3) is 5.55. The molecule has 4 rings (SSSR count). The zero-order valence-electron chi connectivity index (χ0n) is 17.6. The Morgan fingerprint density at radius 2 is 2.09 bits per heavy atom. The van der Waals surface area contributed by atoms with E-state index in [4.69, 9.17) is 16.7 Å². The van der Waals surface area contributed by atoms with E-state index in [0.717, 1.165) is 47.2 Å². The van der Waals surface area contributed by atoms with E-state index in [1.54, 1.807) is 6.20 Å². The van der Waals surface area contributed by atoms with Crippen molar-refractivity contribution >= 4 is 50.6 Å². The van der Waals surface area contributed by atoms with Crippen molar-refractivity contribution in [3.05, 3.63) is 55.0 Å². The summed E-state index contributed by atoms with van der Waals surface area (Å²) in [7, 11) is 0. The first kappa shape index (κ1) is 23.3. The highest BCUT2D eigenvalue weighted by atomic mass is 79.9. The van der Waals surface area contributed by atoms with Gasteiger partial charge in [0.1, 0.15) is 16.5 Å². The second-order valence-corrected chi connectivity index (χ2v) is 10.1. The standard InChI is InChI=1S/C21H24BrClN6O2S/c1-13-25-14(10-18(26-13)29-6-4-28(5-7-29)8-9-30)11-19-24-12-17(32-19)21(31)27-20-15(22)2-3-16(20)23/h3,10,12,30H,2,4-9,11H2,1H3,(H,27,31). The normalized spacial score (nSPS) is 17.1. The molecule has 0 radical (unpaired) electrons. The molecule has 1 amide bonds. The van der Waals surface area contributed by atoms with Crippen LogP contribution in [0.1, 0.15) is 32.6 Å². The van der Waals surface area contributed by atoms with Gasteiger partial charge in [-0.3, -0.25) is 9.69 Å². The molecule has 0 bridgehead atoms.